The molecule has 0 bridgehead atoms. The van der Waals surface area contributed by atoms with Crippen molar-refractivity contribution in [2.75, 3.05) is 18.4 Å². The van der Waals surface area contributed by atoms with E-state index >= 15 is 0 Å². The summed E-state index contributed by atoms with van der Waals surface area (Å²) in [6.07, 6.45) is 3.89. The third-order valence-electron chi connectivity index (χ3n) is 6.01. The second-order valence-electron chi connectivity index (χ2n) is 7.90. The number of carbonyl (C=O) groups excluding carboxylic acids is 1. The molecular weight excluding hydrogens is 392 g/mol. The van der Waals surface area contributed by atoms with Crippen LogP contribution in [0.4, 0.5) is 11.4 Å². The highest BCUT2D eigenvalue weighted by atomic mass is 16.6. The summed E-state index contributed by atoms with van der Waals surface area (Å²) in [4.78, 5) is 30.6. The zero-order chi connectivity index (χ0) is 21.8. The Hall–Kier alpha value is -3.48. The van der Waals surface area contributed by atoms with Gasteiger partial charge in [0, 0.05) is 25.3 Å². The first-order valence-electron chi connectivity index (χ1n) is 10.7. The van der Waals surface area contributed by atoms with Crippen LogP contribution in [0.1, 0.15) is 37.7 Å². The minimum atomic E-state index is -0.350. The molecule has 31 heavy (non-hydrogen) atoms. The number of hydrogen-bond donors (Lipinski definition) is 1. The van der Waals surface area contributed by atoms with Crippen LogP contribution < -0.4 is 5.32 Å². The van der Waals surface area contributed by atoms with Crippen molar-refractivity contribution in [2.45, 2.75) is 38.1 Å². The van der Waals surface area contributed by atoms with Gasteiger partial charge in [-0.1, -0.05) is 37.3 Å². The number of likely N-dealkylation sites (tertiary alicyclic amines) is 1. The second-order valence-corrected chi connectivity index (χ2v) is 7.90. The molecule has 1 saturated heterocycles. The molecule has 2 aromatic carbocycles. The van der Waals surface area contributed by atoms with Gasteiger partial charge in [-0.3, -0.25) is 19.9 Å². The van der Waals surface area contributed by atoms with Crippen LogP contribution >= 0.6 is 0 Å². The van der Waals surface area contributed by atoms with Crippen LogP contribution in [-0.2, 0) is 4.79 Å². The van der Waals surface area contributed by atoms with Crippen molar-refractivity contribution in [3.63, 3.8) is 0 Å². The lowest BCUT2D eigenvalue weighted by Gasteiger charge is -2.35. The van der Waals surface area contributed by atoms with E-state index in [-0.39, 0.29) is 28.5 Å². The van der Waals surface area contributed by atoms with Crippen molar-refractivity contribution >= 4 is 28.2 Å². The average molecular weight is 418 g/mol. The van der Waals surface area contributed by atoms with E-state index in [2.05, 4.69) is 10.3 Å². The Morgan fingerprint density at radius 1 is 1.16 bits per heavy atom. The number of nitrogens with one attached hydrogen (secondary N) is 1. The van der Waals surface area contributed by atoms with Gasteiger partial charge in [0.2, 0.25) is 5.91 Å². The molecule has 3 aromatic rings. The van der Waals surface area contributed by atoms with E-state index in [0.29, 0.717) is 29.7 Å². The zero-order valence-corrected chi connectivity index (χ0v) is 17.5. The molecule has 1 amide bonds. The van der Waals surface area contributed by atoms with Crippen molar-refractivity contribution in [3.8, 4) is 0 Å². The first-order valence-corrected chi connectivity index (χ1v) is 10.7. The number of nitro groups is 1. The highest BCUT2D eigenvalue weighted by molar-refractivity contribution is 5.94. The van der Waals surface area contributed by atoms with Gasteiger partial charge in [0.05, 0.1) is 21.7 Å². The quantitative estimate of drug-likeness (QED) is 0.461. The van der Waals surface area contributed by atoms with E-state index in [1.54, 1.807) is 30.5 Å². The summed E-state index contributed by atoms with van der Waals surface area (Å²) in [6, 6.07) is 16.9. The number of nitrogens with zero attached hydrogens (tertiary/aromatic N) is 3. The number of pyridine rings is 1. The number of fused-ring (bicyclic) bond motifs is 1. The summed E-state index contributed by atoms with van der Waals surface area (Å²) in [7, 11) is 0. The molecule has 1 unspecified atom stereocenters. The van der Waals surface area contributed by atoms with E-state index in [9.17, 15) is 14.9 Å². The van der Waals surface area contributed by atoms with E-state index < -0.39 is 0 Å². The smallest absolute Gasteiger partial charge is 0.301 e. The number of carbonyl (C=O) groups is 1. The predicted octanol–water partition coefficient (Wildman–Crippen LogP) is 4.74. The van der Waals surface area contributed by atoms with Crippen LogP contribution in [0, 0.1) is 10.1 Å². The predicted molar refractivity (Wildman–Crippen MR) is 121 cm³/mol. The van der Waals surface area contributed by atoms with Crippen LogP contribution in [0.5, 0.6) is 0 Å². The molecule has 1 aliphatic rings. The van der Waals surface area contributed by atoms with Gasteiger partial charge in [0.25, 0.3) is 0 Å². The number of hydrogen-bond acceptors (Lipinski definition) is 5. The molecule has 0 aliphatic carbocycles. The number of amides is 1. The van der Waals surface area contributed by atoms with Crippen LogP contribution in [0.2, 0.25) is 0 Å². The number of aromatic nitrogens is 1. The van der Waals surface area contributed by atoms with Crippen LogP contribution in [-0.4, -0.2) is 39.8 Å². The third kappa shape index (κ3) is 4.35. The maximum absolute atomic E-state index is 13.1. The Labute approximate surface area is 181 Å². The lowest BCUT2D eigenvalue weighted by Crippen LogP contribution is -2.44. The topological polar surface area (TPSA) is 88.4 Å². The number of benzene rings is 2. The fourth-order valence-corrected chi connectivity index (χ4v) is 4.37. The molecule has 160 valence electrons. The van der Waals surface area contributed by atoms with Gasteiger partial charge >= 0.3 is 5.69 Å². The maximum Gasteiger partial charge on any atom is 0.301 e. The van der Waals surface area contributed by atoms with Crippen molar-refractivity contribution in [3.05, 3.63) is 76.5 Å². The van der Waals surface area contributed by atoms with E-state index in [1.165, 1.54) is 0 Å². The molecule has 7 heteroatoms. The van der Waals surface area contributed by atoms with Gasteiger partial charge in [-0.2, -0.15) is 0 Å². The Bertz CT molecular complexity index is 1080. The first kappa shape index (κ1) is 20.8. The third-order valence-corrected chi connectivity index (χ3v) is 6.01. The largest absolute Gasteiger partial charge is 0.377 e. The molecule has 1 atom stereocenters. The molecule has 1 aromatic heterocycles. The van der Waals surface area contributed by atoms with Crippen LogP contribution in [0.25, 0.3) is 10.9 Å². The Balaban J connectivity index is 1.44. The summed E-state index contributed by atoms with van der Waals surface area (Å²) in [5, 5.41) is 15.6. The lowest BCUT2D eigenvalue weighted by atomic mass is 9.93. The fourth-order valence-electron chi connectivity index (χ4n) is 4.37. The number of anilines is 1. The van der Waals surface area contributed by atoms with Crippen LogP contribution in [0.3, 0.4) is 0 Å². The average Bonchev–Trinajstić information content (AvgIpc) is 2.80. The molecule has 7 nitrogen and oxygen atoms in total. The van der Waals surface area contributed by atoms with E-state index in [0.717, 1.165) is 24.8 Å². The summed E-state index contributed by atoms with van der Waals surface area (Å²) in [5.74, 6) is 0.0368. The molecule has 0 spiro atoms. The normalized spacial score (nSPS) is 15.6. The summed E-state index contributed by atoms with van der Waals surface area (Å²) >= 11 is 0. The summed E-state index contributed by atoms with van der Waals surface area (Å²) in [5.41, 5.74) is 2.22. The highest BCUT2D eigenvalue weighted by Crippen LogP contribution is 2.34. The van der Waals surface area contributed by atoms with E-state index in [4.69, 9.17) is 0 Å². The van der Waals surface area contributed by atoms with Crippen molar-refractivity contribution in [1.82, 2.24) is 9.88 Å². The number of rotatable bonds is 6. The molecule has 4 rings (SSSR count). The van der Waals surface area contributed by atoms with Crippen molar-refractivity contribution < 1.29 is 9.72 Å². The lowest BCUT2D eigenvalue weighted by molar-refractivity contribution is -0.382. The molecule has 0 saturated carbocycles. The fraction of sp³-hybridized carbons (Fsp3) is 0.333. The molecule has 1 N–H and O–H groups in total. The minimum absolute atomic E-state index is 0.0548. The molecule has 2 heterocycles. The highest BCUT2D eigenvalue weighted by Gasteiger charge is 2.29. The second kappa shape index (κ2) is 9.12. The molecule has 0 radical (unpaired) electrons. The van der Waals surface area contributed by atoms with Crippen LogP contribution in [0.15, 0.2) is 60.8 Å². The van der Waals surface area contributed by atoms with Gasteiger partial charge in [-0.15, -0.1) is 0 Å². The van der Waals surface area contributed by atoms with Crippen molar-refractivity contribution in [1.29, 1.82) is 0 Å². The van der Waals surface area contributed by atoms with Gasteiger partial charge in [-0.25, -0.2) is 0 Å². The Morgan fingerprint density at radius 2 is 1.90 bits per heavy atom. The first-order chi connectivity index (χ1) is 15.1. The monoisotopic (exact) mass is 418 g/mol. The zero-order valence-electron chi connectivity index (χ0n) is 17.5. The van der Waals surface area contributed by atoms with Gasteiger partial charge in [-0.05, 0) is 49.1 Å². The molecular formula is C24H26N4O3. The number of nitro benzene ring substituents is 1. The SMILES string of the molecule is CCC(C(=O)N1CCC(Nc2ccc3ncccc3c2[N+](=O)[O-])CC1)c1ccccc1. The van der Waals surface area contributed by atoms with E-state index in [1.807, 2.05) is 42.2 Å². The standard InChI is InChI=1S/C24H26N4O3/c1-2-19(17-7-4-3-5-8-17)24(29)27-15-12-18(13-16-27)26-22-11-10-21-20(9-6-14-25-21)23(22)28(30)31/h3-11,14,18-19,26H,2,12-13,15-16H2,1H3. The maximum atomic E-state index is 13.1. The summed E-state index contributed by atoms with van der Waals surface area (Å²) in [6.45, 7) is 3.32. The minimum Gasteiger partial charge on any atom is -0.377 e. The van der Waals surface area contributed by atoms with Gasteiger partial charge < -0.3 is 10.2 Å². The Kier molecular flexibility index (Phi) is 6.11. The van der Waals surface area contributed by atoms with Gasteiger partial charge in [0.15, 0.2) is 0 Å². The van der Waals surface area contributed by atoms with Gasteiger partial charge in [0.1, 0.15) is 5.69 Å². The molecule has 1 fully saturated rings. The summed E-state index contributed by atoms with van der Waals surface area (Å²) < 4.78 is 0. The number of piperidine rings is 1. The molecule has 1 aliphatic heterocycles. The van der Waals surface area contributed by atoms with Crippen molar-refractivity contribution in [2.24, 2.45) is 0 Å². The Morgan fingerprint density at radius 3 is 2.58 bits per heavy atom.